The minimum atomic E-state index is -0.796. The van der Waals surface area contributed by atoms with Crippen molar-refractivity contribution in [2.45, 2.75) is 18.5 Å². The van der Waals surface area contributed by atoms with Crippen molar-refractivity contribution in [1.29, 1.82) is 0 Å². The van der Waals surface area contributed by atoms with Crippen molar-refractivity contribution in [3.63, 3.8) is 0 Å². The smallest absolute Gasteiger partial charge is 0.252 e. The number of H-pyrrole nitrogens is 1. The number of nitrogens with two attached hydrogens (primary N) is 1. The van der Waals surface area contributed by atoms with Crippen LogP contribution in [0.1, 0.15) is 34.1 Å². The Morgan fingerprint density at radius 1 is 0.974 bits per heavy atom. The predicted octanol–water partition coefficient (Wildman–Crippen LogP) is 5.74. The molecule has 0 radical (unpaired) electrons. The number of nitrogens with zero attached hydrogens (tertiary/aromatic N) is 1. The molecule has 0 aliphatic carbocycles. The largest absolute Gasteiger partial charge is 0.508 e. The molecule has 4 aromatic carbocycles. The zero-order chi connectivity index (χ0) is 26.9. The van der Waals surface area contributed by atoms with Crippen LogP contribution in [0.2, 0.25) is 0 Å². The first-order valence-corrected chi connectivity index (χ1v) is 13.0. The van der Waals surface area contributed by atoms with Crippen LogP contribution in [0, 0.1) is 5.82 Å². The van der Waals surface area contributed by atoms with Crippen molar-refractivity contribution in [2.24, 2.45) is 5.73 Å². The van der Waals surface area contributed by atoms with E-state index in [1.165, 1.54) is 18.2 Å². The molecule has 1 fully saturated rings. The quantitative estimate of drug-likeness (QED) is 0.230. The third-order valence-electron chi connectivity index (χ3n) is 7.35. The molecule has 2 atom stereocenters. The average molecular weight is 521 g/mol. The number of aromatic amines is 1. The van der Waals surface area contributed by atoms with Gasteiger partial charge in [0.05, 0.1) is 6.04 Å². The molecule has 0 spiro atoms. The number of aromatic hydroxyl groups is 1. The van der Waals surface area contributed by atoms with Gasteiger partial charge in [0.25, 0.3) is 5.91 Å². The summed E-state index contributed by atoms with van der Waals surface area (Å²) < 4.78 is 14.2. The lowest BCUT2D eigenvalue weighted by Gasteiger charge is -2.20. The van der Waals surface area contributed by atoms with Crippen LogP contribution in [0.3, 0.4) is 0 Å². The second-order valence-corrected chi connectivity index (χ2v) is 10.0. The van der Waals surface area contributed by atoms with Gasteiger partial charge in [-0.05, 0) is 77.5 Å². The van der Waals surface area contributed by atoms with E-state index in [2.05, 4.69) is 27.3 Å². The maximum absolute atomic E-state index is 14.2. The van der Waals surface area contributed by atoms with Crippen LogP contribution in [-0.4, -0.2) is 35.1 Å². The van der Waals surface area contributed by atoms with Crippen LogP contribution in [0.5, 0.6) is 5.75 Å². The highest BCUT2D eigenvalue weighted by atomic mass is 19.1. The molecule has 1 amide bonds. The number of carbonyl (C=O) groups is 1. The van der Waals surface area contributed by atoms with E-state index in [0.29, 0.717) is 11.3 Å². The number of carbonyl (C=O) groups excluding carboxylic acids is 1. The monoisotopic (exact) mass is 520 g/mol. The molecule has 1 aliphatic rings. The molecular formula is C32H29FN4O2. The third-order valence-corrected chi connectivity index (χ3v) is 7.35. The summed E-state index contributed by atoms with van der Waals surface area (Å²) in [5.41, 5.74) is 11.3. The Morgan fingerprint density at radius 3 is 2.56 bits per heavy atom. The van der Waals surface area contributed by atoms with E-state index in [4.69, 9.17) is 5.73 Å². The highest BCUT2D eigenvalue weighted by Gasteiger charge is 2.24. The fraction of sp³-hybridized carbons (Fsp3) is 0.156. The lowest BCUT2D eigenvalue weighted by atomic mass is 10.00. The fourth-order valence-electron chi connectivity index (χ4n) is 5.27. The zero-order valence-electron chi connectivity index (χ0n) is 21.3. The van der Waals surface area contributed by atoms with Gasteiger partial charge in [-0.3, -0.25) is 4.79 Å². The van der Waals surface area contributed by atoms with Crippen molar-refractivity contribution in [1.82, 2.24) is 10.3 Å². The topological polar surface area (TPSA) is 94.4 Å². The van der Waals surface area contributed by atoms with Crippen molar-refractivity contribution in [3.05, 3.63) is 120 Å². The van der Waals surface area contributed by atoms with E-state index in [1.807, 2.05) is 60.7 Å². The van der Waals surface area contributed by atoms with Crippen molar-refractivity contribution in [3.8, 4) is 16.9 Å². The molecule has 0 bridgehead atoms. The number of fused-ring (bicyclic) bond motifs is 1. The van der Waals surface area contributed by atoms with E-state index >= 15 is 0 Å². The van der Waals surface area contributed by atoms with Gasteiger partial charge in [0.2, 0.25) is 0 Å². The van der Waals surface area contributed by atoms with Crippen LogP contribution >= 0.6 is 0 Å². The van der Waals surface area contributed by atoms with E-state index in [9.17, 15) is 14.3 Å². The predicted molar refractivity (Wildman–Crippen MR) is 152 cm³/mol. The highest BCUT2D eigenvalue weighted by Crippen LogP contribution is 2.32. The fourth-order valence-corrected chi connectivity index (χ4v) is 5.27. The normalized spacial score (nSPS) is 15.9. The molecular weight excluding hydrogens is 491 g/mol. The number of hydrogen-bond acceptors (Lipinski definition) is 4. The first-order chi connectivity index (χ1) is 18.9. The van der Waals surface area contributed by atoms with Gasteiger partial charge >= 0.3 is 0 Å². The lowest BCUT2D eigenvalue weighted by Crippen LogP contribution is -2.29. The molecule has 1 aliphatic heterocycles. The molecule has 0 unspecified atom stereocenters. The SMILES string of the molecule is N[C@@H]1CCN(c2ccc(-c3cccc(C(=O)N[C@@H](c4cc5ccccc5[nH]4)c4cc(F)ccc4O)c3)cc2)C1. The number of amides is 1. The molecule has 6 nitrogen and oxygen atoms in total. The minimum Gasteiger partial charge on any atom is -0.508 e. The molecule has 5 N–H and O–H groups in total. The Bertz CT molecular complexity index is 1610. The van der Waals surface area contributed by atoms with Gasteiger partial charge in [0.15, 0.2) is 0 Å². The molecule has 1 aromatic heterocycles. The van der Waals surface area contributed by atoms with Gasteiger partial charge in [0.1, 0.15) is 11.6 Å². The summed E-state index contributed by atoms with van der Waals surface area (Å²) in [4.78, 5) is 19.1. The Morgan fingerprint density at radius 2 is 1.79 bits per heavy atom. The number of para-hydroxylation sites is 1. The molecule has 196 valence electrons. The van der Waals surface area contributed by atoms with E-state index < -0.39 is 11.9 Å². The van der Waals surface area contributed by atoms with Gasteiger partial charge in [0, 0.05) is 47.2 Å². The van der Waals surface area contributed by atoms with Crippen LogP contribution < -0.4 is 16.0 Å². The Balaban J connectivity index is 1.29. The van der Waals surface area contributed by atoms with Crippen molar-refractivity contribution >= 4 is 22.5 Å². The first-order valence-electron chi connectivity index (χ1n) is 13.0. The highest BCUT2D eigenvalue weighted by molar-refractivity contribution is 5.96. The van der Waals surface area contributed by atoms with E-state index in [0.717, 1.165) is 47.2 Å². The van der Waals surface area contributed by atoms with Gasteiger partial charge in [-0.25, -0.2) is 4.39 Å². The van der Waals surface area contributed by atoms with Gasteiger partial charge < -0.3 is 26.0 Å². The van der Waals surface area contributed by atoms with Crippen LogP contribution in [0.4, 0.5) is 10.1 Å². The summed E-state index contributed by atoms with van der Waals surface area (Å²) in [6, 6.07) is 28.4. The van der Waals surface area contributed by atoms with E-state index in [-0.39, 0.29) is 23.3 Å². The summed E-state index contributed by atoms with van der Waals surface area (Å²) in [7, 11) is 0. The zero-order valence-corrected chi connectivity index (χ0v) is 21.3. The van der Waals surface area contributed by atoms with Gasteiger partial charge in [-0.1, -0.05) is 42.5 Å². The summed E-state index contributed by atoms with van der Waals surface area (Å²) >= 11 is 0. The lowest BCUT2D eigenvalue weighted by molar-refractivity contribution is 0.0942. The molecule has 5 aromatic rings. The summed E-state index contributed by atoms with van der Waals surface area (Å²) in [5, 5.41) is 14.5. The minimum absolute atomic E-state index is 0.104. The van der Waals surface area contributed by atoms with Gasteiger partial charge in [-0.2, -0.15) is 0 Å². The number of aromatic nitrogens is 1. The molecule has 39 heavy (non-hydrogen) atoms. The number of hydrogen-bond donors (Lipinski definition) is 4. The number of rotatable bonds is 6. The summed E-state index contributed by atoms with van der Waals surface area (Å²) in [5.74, 6) is -0.945. The maximum Gasteiger partial charge on any atom is 0.252 e. The average Bonchev–Trinajstić information content (AvgIpc) is 3.59. The van der Waals surface area contributed by atoms with Crippen LogP contribution in [-0.2, 0) is 0 Å². The third kappa shape index (κ3) is 5.09. The van der Waals surface area contributed by atoms with E-state index in [1.54, 1.807) is 6.07 Å². The van der Waals surface area contributed by atoms with Gasteiger partial charge in [-0.15, -0.1) is 0 Å². The Kier molecular flexibility index (Phi) is 6.50. The number of nitrogens with one attached hydrogen (secondary N) is 2. The number of anilines is 1. The summed E-state index contributed by atoms with van der Waals surface area (Å²) in [6.45, 7) is 1.81. The number of phenols is 1. The second kappa shape index (κ2) is 10.3. The van der Waals surface area contributed by atoms with Crippen molar-refractivity contribution in [2.75, 3.05) is 18.0 Å². The van der Waals surface area contributed by atoms with Crippen LogP contribution in [0.25, 0.3) is 22.0 Å². The summed E-state index contributed by atoms with van der Waals surface area (Å²) in [6.07, 6.45) is 0.992. The molecule has 7 heteroatoms. The molecule has 0 saturated carbocycles. The Hall–Kier alpha value is -4.62. The number of phenolic OH excluding ortho intramolecular Hbond substituents is 1. The number of benzene rings is 4. The first kappa shape index (κ1) is 24.7. The molecule has 2 heterocycles. The Labute approximate surface area is 225 Å². The number of halogens is 1. The van der Waals surface area contributed by atoms with Crippen LogP contribution in [0.15, 0.2) is 97.1 Å². The standard InChI is InChI=1S/C32H29FN4O2/c33-24-10-13-30(38)27(18-24)31(29-17-22-4-1-2-7-28(22)35-29)36-32(39)23-6-3-5-21(16-23)20-8-11-26(12-9-20)37-15-14-25(34)19-37/h1-13,16-18,25,31,35,38H,14-15,19,34H2,(H,36,39)/t25-,31-/m1/s1. The maximum atomic E-state index is 14.2. The van der Waals surface area contributed by atoms with Crippen molar-refractivity contribution < 1.29 is 14.3 Å². The second-order valence-electron chi connectivity index (χ2n) is 10.0. The molecule has 6 rings (SSSR count). The molecule has 1 saturated heterocycles.